The second-order valence-corrected chi connectivity index (χ2v) is 6.93. The molecular formula is C16H21BrN2O2. The van der Waals surface area contributed by atoms with Crippen molar-refractivity contribution < 1.29 is 9.26 Å². The number of nitrogens with one attached hydrogen (secondary N) is 1. The minimum atomic E-state index is 0.0658. The second-order valence-electron chi connectivity index (χ2n) is 6.01. The van der Waals surface area contributed by atoms with Crippen molar-refractivity contribution in [2.75, 3.05) is 0 Å². The summed E-state index contributed by atoms with van der Waals surface area (Å²) in [4.78, 5) is 0. The Balaban J connectivity index is 1.78. The summed E-state index contributed by atoms with van der Waals surface area (Å²) in [6.07, 6.45) is 0. The van der Waals surface area contributed by atoms with Crippen LogP contribution in [0.15, 0.2) is 39.3 Å². The van der Waals surface area contributed by atoms with E-state index in [1.807, 2.05) is 30.3 Å². The smallest absolute Gasteiger partial charge is 0.162 e. The van der Waals surface area contributed by atoms with Crippen molar-refractivity contribution in [1.29, 1.82) is 0 Å². The van der Waals surface area contributed by atoms with E-state index in [9.17, 15) is 0 Å². The molecule has 5 heteroatoms. The molecule has 0 aliphatic rings. The molecule has 0 unspecified atom stereocenters. The van der Waals surface area contributed by atoms with Gasteiger partial charge in [0.15, 0.2) is 5.76 Å². The molecule has 2 aromatic rings. The Labute approximate surface area is 134 Å². The van der Waals surface area contributed by atoms with Gasteiger partial charge in [-0.25, -0.2) is 0 Å². The van der Waals surface area contributed by atoms with Gasteiger partial charge in [-0.3, -0.25) is 0 Å². The van der Waals surface area contributed by atoms with E-state index < -0.39 is 0 Å². The molecule has 0 aliphatic carbocycles. The molecule has 2 rings (SSSR count). The molecule has 1 aromatic carbocycles. The monoisotopic (exact) mass is 352 g/mol. The minimum absolute atomic E-state index is 0.0658. The van der Waals surface area contributed by atoms with Crippen molar-refractivity contribution in [1.82, 2.24) is 10.5 Å². The molecule has 21 heavy (non-hydrogen) atoms. The van der Waals surface area contributed by atoms with Gasteiger partial charge in [-0.05, 0) is 38.5 Å². The highest BCUT2D eigenvalue weighted by molar-refractivity contribution is 9.10. The summed E-state index contributed by atoms with van der Waals surface area (Å²) < 4.78 is 12.0. The SMILES string of the molecule is CC(C)(C)NCc1cc(COCc2cccc(Br)c2)on1. The minimum Gasteiger partial charge on any atom is -0.369 e. The summed E-state index contributed by atoms with van der Waals surface area (Å²) in [7, 11) is 0. The van der Waals surface area contributed by atoms with E-state index in [1.54, 1.807) is 0 Å². The summed E-state index contributed by atoms with van der Waals surface area (Å²) in [6.45, 7) is 8.03. The van der Waals surface area contributed by atoms with Crippen LogP contribution in [0.3, 0.4) is 0 Å². The Morgan fingerprint density at radius 1 is 1.24 bits per heavy atom. The number of halogens is 1. The summed E-state index contributed by atoms with van der Waals surface area (Å²) in [5.41, 5.74) is 2.08. The number of nitrogens with zero attached hydrogens (tertiary/aromatic N) is 1. The molecule has 1 N–H and O–H groups in total. The number of aromatic nitrogens is 1. The average molecular weight is 353 g/mol. The molecule has 1 heterocycles. The Morgan fingerprint density at radius 2 is 2.05 bits per heavy atom. The lowest BCUT2D eigenvalue weighted by molar-refractivity contribution is 0.0883. The van der Waals surface area contributed by atoms with E-state index in [-0.39, 0.29) is 5.54 Å². The van der Waals surface area contributed by atoms with Gasteiger partial charge in [0.2, 0.25) is 0 Å². The van der Waals surface area contributed by atoms with Gasteiger partial charge in [0.05, 0.1) is 12.3 Å². The first kappa shape index (κ1) is 16.2. The molecule has 0 radical (unpaired) electrons. The number of hydrogen-bond donors (Lipinski definition) is 1. The van der Waals surface area contributed by atoms with Crippen LogP contribution in [0.4, 0.5) is 0 Å². The zero-order chi connectivity index (χ0) is 15.3. The maximum absolute atomic E-state index is 5.64. The third-order valence-electron chi connectivity index (χ3n) is 2.81. The van der Waals surface area contributed by atoms with Crippen molar-refractivity contribution in [2.45, 2.75) is 46.1 Å². The predicted octanol–water partition coefficient (Wildman–Crippen LogP) is 4.04. The van der Waals surface area contributed by atoms with Crippen molar-refractivity contribution >= 4 is 15.9 Å². The van der Waals surface area contributed by atoms with E-state index in [2.05, 4.69) is 47.2 Å². The van der Waals surface area contributed by atoms with Crippen LogP contribution in [0, 0.1) is 0 Å². The first-order valence-electron chi connectivity index (χ1n) is 6.94. The van der Waals surface area contributed by atoms with E-state index in [4.69, 9.17) is 9.26 Å². The predicted molar refractivity (Wildman–Crippen MR) is 85.7 cm³/mol. The van der Waals surface area contributed by atoms with Gasteiger partial charge in [0.1, 0.15) is 6.61 Å². The zero-order valence-electron chi connectivity index (χ0n) is 12.6. The second kappa shape index (κ2) is 7.20. The normalized spacial score (nSPS) is 11.8. The van der Waals surface area contributed by atoms with Gasteiger partial charge >= 0.3 is 0 Å². The Morgan fingerprint density at radius 3 is 2.76 bits per heavy atom. The fourth-order valence-corrected chi connectivity index (χ4v) is 2.21. The molecule has 114 valence electrons. The summed E-state index contributed by atoms with van der Waals surface area (Å²) >= 11 is 3.44. The van der Waals surface area contributed by atoms with Gasteiger partial charge in [0, 0.05) is 22.6 Å². The molecule has 0 fully saturated rings. The Hall–Kier alpha value is -1.17. The third kappa shape index (κ3) is 5.99. The van der Waals surface area contributed by atoms with Crippen molar-refractivity contribution in [2.24, 2.45) is 0 Å². The molecule has 0 atom stereocenters. The van der Waals surface area contributed by atoms with Crippen LogP contribution in [0.1, 0.15) is 37.8 Å². The molecule has 0 bridgehead atoms. The summed E-state index contributed by atoms with van der Waals surface area (Å²) in [5, 5.41) is 7.41. The largest absolute Gasteiger partial charge is 0.369 e. The van der Waals surface area contributed by atoms with Crippen LogP contribution in [0.25, 0.3) is 0 Å². The van der Waals surface area contributed by atoms with Gasteiger partial charge in [-0.1, -0.05) is 33.2 Å². The quantitative estimate of drug-likeness (QED) is 0.851. The summed E-state index contributed by atoms with van der Waals surface area (Å²) in [6, 6.07) is 9.99. The number of rotatable bonds is 6. The summed E-state index contributed by atoms with van der Waals surface area (Å²) in [5.74, 6) is 0.746. The number of hydrogen-bond acceptors (Lipinski definition) is 4. The van der Waals surface area contributed by atoms with Gasteiger partial charge in [-0.2, -0.15) is 0 Å². The number of ether oxygens (including phenoxy) is 1. The zero-order valence-corrected chi connectivity index (χ0v) is 14.2. The standard InChI is InChI=1S/C16H21BrN2O2/c1-16(2,3)18-9-14-8-15(21-19-14)11-20-10-12-5-4-6-13(17)7-12/h4-8,18H,9-11H2,1-3H3. The van der Waals surface area contributed by atoms with Gasteiger partial charge in [-0.15, -0.1) is 0 Å². The van der Waals surface area contributed by atoms with E-state index in [0.717, 1.165) is 21.5 Å². The van der Waals surface area contributed by atoms with E-state index in [0.29, 0.717) is 19.8 Å². The maximum atomic E-state index is 5.64. The van der Waals surface area contributed by atoms with E-state index >= 15 is 0 Å². The number of benzene rings is 1. The Bertz CT molecular complexity index is 576. The first-order chi connectivity index (χ1) is 9.92. The third-order valence-corrected chi connectivity index (χ3v) is 3.30. The highest BCUT2D eigenvalue weighted by Crippen LogP contribution is 2.13. The van der Waals surface area contributed by atoms with Crippen LogP contribution in [-0.2, 0) is 24.5 Å². The highest BCUT2D eigenvalue weighted by Gasteiger charge is 2.11. The van der Waals surface area contributed by atoms with E-state index in [1.165, 1.54) is 0 Å². The van der Waals surface area contributed by atoms with Crippen LogP contribution in [-0.4, -0.2) is 10.7 Å². The van der Waals surface area contributed by atoms with Gasteiger partial charge in [0.25, 0.3) is 0 Å². The Kier molecular flexibility index (Phi) is 5.56. The topological polar surface area (TPSA) is 47.3 Å². The molecule has 0 saturated carbocycles. The lowest BCUT2D eigenvalue weighted by Crippen LogP contribution is -2.35. The van der Waals surface area contributed by atoms with Gasteiger partial charge < -0.3 is 14.6 Å². The maximum Gasteiger partial charge on any atom is 0.162 e. The molecular weight excluding hydrogens is 332 g/mol. The fourth-order valence-electron chi connectivity index (χ4n) is 1.76. The average Bonchev–Trinajstić information content (AvgIpc) is 2.84. The molecule has 0 aliphatic heterocycles. The molecule has 4 nitrogen and oxygen atoms in total. The first-order valence-corrected chi connectivity index (χ1v) is 7.73. The lowest BCUT2D eigenvalue weighted by atomic mass is 10.1. The lowest BCUT2D eigenvalue weighted by Gasteiger charge is -2.19. The van der Waals surface area contributed by atoms with Crippen molar-refractivity contribution in [3.63, 3.8) is 0 Å². The van der Waals surface area contributed by atoms with Crippen molar-refractivity contribution in [3.05, 3.63) is 51.8 Å². The van der Waals surface area contributed by atoms with Crippen molar-refractivity contribution in [3.8, 4) is 0 Å². The van der Waals surface area contributed by atoms with Crippen LogP contribution < -0.4 is 5.32 Å². The van der Waals surface area contributed by atoms with Crippen LogP contribution >= 0.6 is 15.9 Å². The van der Waals surface area contributed by atoms with Crippen LogP contribution in [0.5, 0.6) is 0 Å². The fraction of sp³-hybridized carbons (Fsp3) is 0.438. The molecule has 0 spiro atoms. The molecule has 0 saturated heterocycles. The highest BCUT2D eigenvalue weighted by atomic mass is 79.9. The van der Waals surface area contributed by atoms with Crippen LogP contribution in [0.2, 0.25) is 0 Å². The molecule has 1 aromatic heterocycles. The molecule has 0 amide bonds.